The Morgan fingerprint density at radius 1 is 1.03 bits per heavy atom. The summed E-state index contributed by atoms with van der Waals surface area (Å²) in [4.78, 5) is 24.9. The Balaban J connectivity index is 1.59. The van der Waals surface area contributed by atoms with E-state index in [1.807, 2.05) is 48.5 Å². The molecule has 0 bridgehead atoms. The van der Waals surface area contributed by atoms with Crippen LogP contribution in [-0.2, 0) is 11.2 Å². The number of nitrogens with one attached hydrogen (secondary N) is 2. The molecule has 8 heteroatoms. The van der Waals surface area contributed by atoms with E-state index in [1.165, 1.54) is 0 Å². The van der Waals surface area contributed by atoms with Gasteiger partial charge in [0.1, 0.15) is 11.9 Å². The minimum Gasteiger partial charge on any atom is -0.354 e. The van der Waals surface area contributed by atoms with E-state index in [0.29, 0.717) is 27.9 Å². The highest BCUT2D eigenvalue weighted by molar-refractivity contribution is 6.32. The van der Waals surface area contributed by atoms with Gasteiger partial charge in [0.2, 0.25) is 5.91 Å². The minimum absolute atomic E-state index is 0.176. The molecule has 1 unspecified atom stereocenters. The van der Waals surface area contributed by atoms with Crippen LogP contribution in [0.1, 0.15) is 16.7 Å². The number of hydrogen-bond acceptors (Lipinski definition) is 5. The van der Waals surface area contributed by atoms with Crippen LogP contribution in [0.15, 0.2) is 65.8 Å². The number of benzodiazepines with no additional fused rings is 1. The number of hydrogen-bond donors (Lipinski definition) is 2. The lowest BCUT2D eigenvalue weighted by atomic mass is 10.0. The lowest BCUT2D eigenvalue weighted by Crippen LogP contribution is -2.43. The number of rotatable bonds is 4. The highest BCUT2D eigenvalue weighted by Gasteiger charge is 2.27. The monoisotopic (exact) mass is 479 g/mol. The van der Waals surface area contributed by atoms with Gasteiger partial charge in [0, 0.05) is 60.0 Å². The maximum absolute atomic E-state index is 13.1. The van der Waals surface area contributed by atoms with Gasteiger partial charge < -0.3 is 15.5 Å². The highest BCUT2D eigenvalue weighted by atomic mass is 35.5. The number of carbonyl (C=O) groups excluding carboxylic acids is 1. The predicted molar refractivity (Wildman–Crippen MR) is 134 cm³/mol. The highest BCUT2D eigenvalue weighted by Crippen LogP contribution is 2.29. The largest absolute Gasteiger partial charge is 0.354 e. The van der Waals surface area contributed by atoms with Crippen molar-refractivity contribution in [1.29, 1.82) is 0 Å². The van der Waals surface area contributed by atoms with E-state index in [9.17, 15) is 4.79 Å². The average molecular weight is 480 g/mol. The van der Waals surface area contributed by atoms with Crippen molar-refractivity contribution in [3.63, 3.8) is 0 Å². The van der Waals surface area contributed by atoms with Crippen molar-refractivity contribution >= 4 is 46.3 Å². The summed E-state index contributed by atoms with van der Waals surface area (Å²) in [6.07, 6.45) is 2.19. The molecule has 168 valence electrons. The Labute approximate surface area is 202 Å². The molecule has 1 amide bonds. The number of nitrogens with zero attached hydrogens (tertiary/aromatic N) is 3. The number of benzene rings is 2. The minimum atomic E-state index is -0.637. The zero-order valence-corrected chi connectivity index (χ0v) is 19.4. The van der Waals surface area contributed by atoms with Crippen LogP contribution < -0.4 is 15.5 Å². The second-order valence-corrected chi connectivity index (χ2v) is 8.95. The van der Waals surface area contributed by atoms with Crippen LogP contribution >= 0.6 is 23.2 Å². The Kier molecular flexibility index (Phi) is 6.31. The topological polar surface area (TPSA) is 69.6 Å². The molecule has 1 atom stereocenters. The normalized spacial score (nSPS) is 18.2. The van der Waals surface area contributed by atoms with E-state index >= 15 is 0 Å². The molecular weight excluding hydrogens is 457 g/mol. The molecule has 2 N–H and O–H groups in total. The molecule has 3 heterocycles. The van der Waals surface area contributed by atoms with Gasteiger partial charge in [0.25, 0.3) is 0 Å². The molecule has 33 heavy (non-hydrogen) atoms. The first-order valence-electron chi connectivity index (χ1n) is 10.9. The first-order chi connectivity index (χ1) is 16.1. The number of anilines is 2. The van der Waals surface area contributed by atoms with Crippen LogP contribution in [0.4, 0.5) is 11.5 Å². The Bertz CT molecular complexity index is 1220. The van der Waals surface area contributed by atoms with Crippen LogP contribution in [0.2, 0.25) is 10.0 Å². The standard InChI is InChI=1S/C25H23Cl2N5O/c26-18-5-6-21-19(15-18)24(17-7-8-29-23(14-17)32-11-9-28-10-12-32)30-22(25(33)31-21)13-16-3-1-2-4-20(16)27/h1-8,14-15,22,28H,9-13H2,(H,31,33). The summed E-state index contributed by atoms with van der Waals surface area (Å²) in [7, 11) is 0. The molecule has 1 fully saturated rings. The van der Waals surface area contributed by atoms with E-state index in [0.717, 1.165) is 48.7 Å². The van der Waals surface area contributed by atoms with Crippen LogP contribution in [-0.4, -0.2) is 48.8 Å². The summed E-state index contributed by atoms with van der Waals surface area (Å²) in [6, 6.07) is 16.3. The fourth-order valence-electron chi connectivity index (χ4n) is 4.19. The smallest absolute Gasteiger partial charge is 0.249 e. The van der Waals surface area contributed by atoms with Crippen molar-refractivity contribution in [2.45, 2.75) is 12.5 Å². The third-order valence-corrected chi connectivity index (χ3v) is 6.52. The number of pyridine rings is 1. The van der Waals surface area contributed by atoms with Crippen LogP contribution in [0.3, 0.4) is 0 Å². The summed E-state index contributed by atoms with van der Waals surface area (Å²) < 4.78 is 0. The summed E-state index contributed by atoms with van der Waals surface area (Å²) in [5.41, 5.74) is 3.95. The molecule has 2 aliphatic heterocycles. The zero-order chi connectivity index (χ0) is 22.8. The molecule has 0 aliphatic carbocycles. The van der Waals surface area contributed by atoms with E-state index in [1.54, 1.807) is 12.3 Å². The Morgan fingerprint density at radius 3 is 2.67 bits per heavy atom. The van der Waals surface area contributed by atoms with Gasteiger partial charge in [-0.1, -0.05) is 41.4 Å². The molecule has 0 radical (unpaired) electrons. The summed E-state index contributed by atoms with van der Waals surface area (Å²) in [5.74, 6) is 0.719. The fraction of sp³-hybridized carbons (Fsp3) is 0.240. The summed E-state index contributed by atoms with van der Waals surface area (Å²) in [6.45, 7) is 3.62. The second-order valence-electron chi connectivity index (χ2n) is 8.11. The van der Waals surface area contributed by atoms with Gasteiger partial charge in [-0.05, 0) is 42.0 Å². The van der Waals surface area contributed by atoms with Crippen molar-refractivity contribution in [3.8, 4) is 0 Å². The number of fused-ring (bicyclic) bond motifs is 1. The molecule has 3 aromatic rings. The van der Waals surface area contributed by atoms with Crippen molar-refractivity contribution in [1.82, 2.24) is 10.3 Å². The van der Waals surface area contributed by atoms with Crippen molar-refractivity contribution < 1.29 is 4.79 Å². The van der Waals surface area contributed by atoms with Gasteiger partial charge in [-0.2, -0.15) is 0 Å². The Hall–Kier alpha value is -2.93. The van der Waals surface area contributed by atoms with E-state index < -0.39 is 6.04 Å². The lowest BCUT2D eigenvalue weighted by molar-refractivity contribution is -0.117. The van der Waals surface area contributed by atoms with Gasteiger partial charge in [0.05, 0.1) is 11.4 Å². The molecular formula is C25H23Cl2N5O. The van der Waals surface area contributed by atoms with Crippen LogP contribution in [0, 0.1) is 0 Å². The van der Waals surface area contributed by atoms with Gasteiger partial charge in [0.15, 0.2) is 0 Å². The van der Waals surface area contributed by atoms with Gasteiger partial charge in [-0.25, -0.2) is 4.98 Å². The third-order valence-electron chi connectivity index (χ3n) is 5.91. The zero-order valence-electron chi connectivity index (χ0n) is 17.9. The number of halogens is 2. The van der Waals surface area contributed by atoms with Gasteiger partial charge in [-0.3, -0.25) is 9.79 Å². The summed E-state index contributed by atoms with van der Waals surface area (Å²) in [5, 5.41) is 7.59. The van der Waals surface area contributed by atoms with E-state index in [-0.39, 0.29) is 5.91 Å². The van der Waals surface area contributed by atoms with E-state index in [4.69, 9.17) is 28.2 Å². The number of amides is 1. The third kappa shape index (κ3) is 4.74. The molecule has 6 nitrogen and oxygen atoms in total. The quantitative estimate of drug-likeness (QED) is 0.588. The number of aliphatic imine (C=N–C) groups is 1. The van der Waals surface area contributed by atoms with Crippen molar-refractivity contribution in [2.24, 2.45) is 4.99 Å². The van der Waals surface area contributed by atoms with Crippen molar-refractivity contribution in [3.05, 3.63) is 87.5 Å². The molecule has 5 rings (SSSR count). The SMILES string of the molecule is O=C1Nc2ccc(Cl)cc2C(c2ccnc(N3CCNCC3)c2)=NC1Cc1ccccc1Cl. The predicted octanol–water partition coefficient (Wildman–Crippen LogP) is 4.20. The number of carbonyl (C=O) groups is 1. The van der Waals surface area contributed by atoms with Crippen molar-refractivity contribution in [2.75, 3.05) is 36.4 Å². The van der Waals surface area contributed by atoms with Gasteiger partial charge in [-0.15, -0.1) is 0 Å². The maximum Gasteiger partial charge on any atom is 0.249 e. The first kappa shape index (κ1) is 21.9. The molecule has 2 aromatic carbocycles. The fourth-order valence-corrected chi connectivity index (χ4v) is 4.58. The molecule has 0 saturated carbocycles. The average Bonchev–Trinajstić information content (AvgIpc) is 2.97. The second kappa shape index (κ2) is 9.51. The van der Waals surface area contributed by atoms with E-state index in [2.05, 4.69) is 20.5 Å². The maximum atomic E-state index is 13.1. The summed E-state index contributed by atoms with van der Waals surface area (Å²) >= 11 is 12.7. The molecule has 1 aromatic heterocycles. The lowest BCUT2D eigenvalue weighted by Gasteiger charge is -2.28. The number of aromatic nitrogens is 1. The molecule has 1 saturated heterocycles. The first-order valence-corrected chi connectivity index (χ1v) is 11.7. The number of piperazine rings is 1. The van der Waals surface area contributed by atoms with Gasteiger partial charge >= 0.3 is 0 Å². The van der Waals surface area contributed by atoms with Crippen LogP contribution in [0.5, 0.6) is 0 Å². The molecule has 2 aliphatic rings. The van der Waals surface area contributed by atoms with Crippen LogP contribution in [0.25, 0.3) is 0 Å². The Morgan fingerprint density at radius 2 is 1.85 bits per heavy atom. The molecule has 0 spiro atoms.